The first-order valence-electron chi connectivity index (χ1n) is 15.4. The second-order valence-corrected chi connectivity index (χ2v) is 13.1. The van der Waals surface area contributed by atoms with Crippen LogP contribution in [0, 0.1) is 45.1 Å². The fourth-order valence-electron chi connectivity index (χ4n) is 6.33. The first kappa shape index (κ1) is 32.2. The minimum atomic E-state index is -0.845. The molecular formula is C41H34ClF3N2. The molecule has 6 rings (SSSR count). The third-order valence-electron chi connectivity index (χ3n) is 8.89. The van der Waals surface area contributed by atoms with E-state index in [1.54, 1.807) is 12.1 Å². The van der Waals surface area contributed by atoms with Gasteiger partial charge in [0.25, 0.3) is 0 Å². The second kappa shape index (κ2) is 12.5. The largest absolute Gasteiger partial charge is 0.252 e. The lowest BCUT2D eigenvalue weighted by Crippen LogP contribution is -2.23. The molecule has 0 radical (unpaired) electrons. The minimum Gasteiger partial charge on any atom is -0.252 e. The van der Waals surface area contributed by atoms with Gasteiger partial charge in [-0.2, -0.15) is 0 Å². The molecule has 0 amide bonds. The summed E-state index contributed by atoms with van der Waals surface area (Å²) < 4.78 is 44.6. The summed E-state index contributed by atoms with van der Waals surface area (Å²) >= 11 is 6.11. The molecule has 0 bridgehead atoms. The highest BCUT2D eigenvalue weighted by atomic mass is 35.5. The number of hydrogen-bond donors (Lipinski definition) is 0. The summed E-state index contributed by atoms with van der Waals surface area (Å²) in [6.07, 6.45) is 0. The zero-order valence-corrected chi connectivity index (χ0v) is 27.9. The van der Waals surface area contributed by atoms with Crippen LogP contribution in [0.5, 0.6) is 0 Å². The molecule has 0 aliphatic carbocycles. The molecule has 0 aliphatic heterocycles. The summed E-state index contributed by atoms with van der Waals surface area (Å²) in [4.78, 5) is 10.1. The van der Waals surface area contributed by atoms with Crippen LogP contribution >= 0.6 is 11.6 Å². The van der Waals surface area contributed by atoms with E-state index in [9.17, 15) is 4.39 Å². The zero-order valence-electron chi connectivity index (χ0n) is 27.1. The second-order valence-electron chi connectivity index (χ2n) is 12.7. The fraction of sp³-hybridized carbons (Fsp3) is 0.171. The third-order valence-corrected chi connectivity index (χ3v) is 9.12. The average Bonchev–Trinajstić information content (AvgIpc) is 3.00. The molecule has 2 heterocycles. The highest BCUT2D eigenvalue weighted by Gasteiger charge is 2.30. The Bertz CT molecular complexity index is 1980. The topological polar surface area (TPSA) is 25.8 Å². The van der Waals surface area contributed by atoms with Crippen LogP contribution in [0.1, 0.15) is 47.5 Å². The van der Waals surface area contributed by atoms with Gasteiger partial charge in [0.2, 0.25) is 0 Å². The molecule has 236 valence electrons. The summed E-state index contributed by atoms with van der Waals surface area (Å²) in [6.45, 7) is 12.2. The number of aryl methyl sites for hydroxylation is 4. The van der Waals surface area contributed by atoms with Crippen LogP contribution in [0.2, 0.25) is 5.02 Å². The predicted molar refractivity (Wildman–Crippen MR) is 186 cm³/mol. The van der Waals surface area contributed by atoms with Crippen molar-refractivity contribution in [2.24, 2.45) is 0 Å². The molecule has 0 aliphatic rings. The van der Waals surface area contributed by atoms with Gasteiger partial charge in [-0.1, -0.05) is 48.0 Å². The Morgan fingerprint density at radius 2 is 0.957 bits per heavy atom. The van der Waals surface area contributed by atoms with Crippen LogP contribution < -0.4 is 0 Å². The van der Waals surface area contributed by atoms with Gasteiger partial charge in [-0.05, 0) is 141 Å². The maximum Gasteiger partial charge on any atom is 0.135 e. The van der Waals surface area contributed by atoms with Gasteiger partial charge in [-0.3, -0.25) is 9.97 Å². The molecule has 0 saturated carbocycles. The van der Waals surface area contributed by atoms with Crippen molar-refractivity contribution in [3.05, 3.63) is 153 Å². The van der Waals surface area contributed by atoms with Gasteiger partial charge in [-0.25, -0.2) is 13.2 Å². The number of pyridine rings is 2. The standard InChI is InChI=1S/C41H34ClF3N2/c1-23-9-7-10-24(2)39(23)27-17-35(31-15-13-29(42)21-33(31)44)46-37(19-27)41(5,6)38-20-28(40-25(3)11-8-12-26(40)4)18-36(47-38)32-16-14-30(43)22-34(32)45/h7-22H,1-6H3. The summed E-state index contributed by atoms with van der Waals surface area (Å²) in [5.74, 6) is -1.83. The van der Waals surface area contributed by atoms with Crippen LogP contribution in [0.15, 0.2) is 97.1 Å². The molecule has 6 aromatic rings. The maximum absolute atomic E-state index is 15.4. The van der Waals surface area contributed by atoms with Crippen molar-refractivity contribution in [3.8, 4) is 44.8 Å². The van der Waals surface area contributed by atoms with E-state index < -0.39 is 22.9 Å². The highest BCUT2D eigenvalue weighted by Crippen LogP contribution is 2.40. The Kier molecular flexibility index (Phi) is 8.54. The molecule has 4 aromatic carbocycles. The zero-order chi connectivity index (χ0) is 33.6. The van der Waals surface area contributed by atoms with E-state index in [0.717, 1.165) is 50.6 Å². The molecule has 0 spiro atoms. The molecule has 0 fully saturated rings. The average molecular weight is 647 g/mol. The van der Waals surface area contributed by atoms with Crippen molar-refractivity contribution in [2.75, 3.05) is 0 Å². The number of halogens is 4. The molecule has 6 heteroatoms. The van der Waals surface area contributed by atoms with Gasteiger partial charge < -0.3 is 0 Å². The summed E-state index contributed by atoms with van der Waals surface area (Å²) in [6, 6.07) is 28.1. The Balaban J connectivity index is 1.63. The quantitative estimate of drug-likeness (QED) is 0.180. The Morgan fingerprint density at radius 1 is 0.532 bits per heavy atom. The van der Waals surface area contributed by atoms with Crippen molar-refractivity contribution >= 4 is 11.6 Å². The number of aromatic nitrogens is 2. The Morgan fingerprint density at radius 3 is 1.38 bits per heavy atom. The Hall–Kier alpha value is -4.74. The van der Waals surface area contributed by atoms with Crippen molar-refractivity contribution < 1.29 is 13.2 Å². The molecular weight excluding hydrogens is 613 g/mol. The van der Waals surface area contributed by atoms with Crippen LogP contribution in [-0.2, 0) is 5.41 Å². The van der Waals surface area contributed by atoms with E-state index >= 15 is 8.78 Å². The van der Waals surface area contributed by atoms with E-state index in [4.69, 9.17) is 21.6 Å². The smallest absolute Gasteiger partial charge is 0.135 e. The molecule has 0 N–H and O–H groups in total. The SMILES string of the molecule is Cc1cccc(C)c1-c1cc(-c2ccc(F)cc2F)nc(C(C)(C)c2cc(-c3c(C)cccc3C)cc(-c3ccc(Cl)cc3F)n2)c1. The van der Waals surface area contributed by atoms with E-state index in [1.807, 2.05) is 76.2 Å². The van der Waals surface area contributed by atoms with Gasteiger partial charge in [0.05, 0.1) is 22.8 Å². The van der Waals surface area contributed by atoms with Crippen LogP contribution in [0.3, 0.4) is 0 Å². The lowest BCUT2D eigenvalue weighted by molar-refractivity contribution is 0.583. The fourth-order valence-corrected chi connectivity index (χ4v) is 6.49. The van der Waals surface area contributed by atoms with Gasteiger partial charge >= 0.3 is 0 Å². The van der Waals surface area contributed by atoms with E-state index in [0.29, 0.717) is 33.4 Å². The van der Waals surface area contributed by atoms with Crippen LogP contribution in [-0.4, -0.2) is 9.97 Å². The predicted octanol–water partition coefficient (Wildman–Crippen LogP) is 11.8. The van der Waals surface area contributed by atoms with Crippen molar-refractivity contribution in [3.63, 3.8) is 0 Å². The van der Waals surface area contributed by atoms with Crippen LogP contribution in [0.25, 0.3) is 44.8 Å². The van der Waals surface area contributed by atoms with Crippen molar-refractivity contribution in [1.82, 2.24) is 9.97 Å². The van der Waals surface area contributed by atoms with Gasteiger partial charge in [0.1, 0.15) is 17.5 Å². The lowest BCUT2D eigenvalue weighted by atomic mass is 9.81. The highest BCUT2D eigenvalue weighted by molar-refractivity contribution is 6.30. The first-order chi connectivity index (χ1) is 22.3. The number of hydrogen-bond acceptors (Lipinski definition) is 2. The van der Waals surface area contributed by atoms with Crippen molar-refractivity contribution in [2.45, 2.75) is 47.0 Å². The van der Waals surface area contributed by atoms with Crippen LogP contribution in [0.4, 0.5) is 13.2 Å². The van der Waals surface area contributed by atoms with E-state index in [2.05, 4.69) is 26.0 Å². The summed E-state index contributed by atoms with van der Waals surface area (Å²) in [5, 5.41) is 0.297. The maximum atomic E-state index is 15.4. The molecule has 0 unspecified atom stereocenters. The van der Waals surface area contributed by atoms with Gasteiger partial charge in [0, 0.05) is 27.6 Å². The van der Waals surface area contributed by atoms with E-state index in [-0.39, 0.29) is 5.56 Å². The summed E-state index contributed by atoms with van der Waals surface area (Å²) in [7, 11) is 0. The number of rotatable bonds is 6. The molecule has 2 nitrogen and oxygen atoms in total. The third kappa shape index (κ3) is 6.20. The molecule has 0 atom stereocenters. The molecule has 0 saturated heterocycles. The number of benzene rings is 4. The first-order valence-corrected chi connectivity index (χ1v) is 15.8. The van der Waals surface area contributed by atoms with Gasteiger partial charge in [0.15, 0.2) is 0 Å². The lowest BCUT2D eigenvalue weighted by Gasteiger charge is -2.27. The van der Waals surface area contributed by atoms with E-state index in [1.165, 1.54) is 18.2 Å². The molecule has 2 aromatic heterocycles. The van der Waals surface area contributed by atoms with Gasteiger partial charge in [-0.15, -0.1) is 0 Å². The normalized spacial score (nSPS) is 11.6. The van der Waals surface area contributed by atoms with Crippen molar-refractivity contribution in [1.29, 1.82) is 0 Å². The number of nitrogens with zero attached hydrogens (tertiary/aromatic N) is 2. The Labute approximate surface area is 279 Å². The summed E-state index contributed by atoms with van der Waals surface area (Å²) in [5.41, 5.74) is 9.84. The molecule has 47 heavy (non-hydrogen) atoms. The minimum absolute atomic E-state index is 0.192. The monoisotopic (exact) mass is 646 g/mol.